The van der Waals surface area contributed by atoms with Gasteiger partial charge in [-0.3, -0.25) is 0 Å². The predicted molar refractivity (Wildman–Crippen MR) is 58.8 cm³/mol. The van der Waals surface area contributed by atoms with Gasteiger partial charge in [0.05, 0.1) is 0 Å². The normalized spacial score (nSPS) is 11.1. The Balaban J connectivity index is 2.48. The van der Waals surface area contributed by atoms with Gasteiger partial charge >= 0.3 is 0 Å². The van der Waals surface area contributed by atoms with Crippen LogP contribution in [-0.4, -0.2) is 0 Å². The van der Waals surface area contributed by atoms with Gasteiger partial charge in [-0.15, -0.1) is 11.3 Å². The molecule has 63 valence electrons. The van der Waals surface area contributed by atoms with Crippen LogP contribution in [0.5, 0.6) is 0 Å². The lowest BCUT2D eigenvalue weighted by molar-refractivity contribution is 1.79. The lowest BCUT2D eigenvalue weighted by atomic mass is 10.2. The molecule has 1 aliphatic heterocycles. The number of rotatable bonds is 2. The van der Waals surface area contributed by atoms with E-state index in [-0.39, 0.29) is 0 Å². The average molecular weight is 185 g/mol. The summed E-state index contributed by atoms with van der Waals surface area (Å²) in [5.74, 6) is 0. The standard InChI is InChI=1S/C12H9S/c1-2-3-5-10-7-8-12-11(10)6-4-9-13-12/h1-9H. The van der Waals surface area contributed by atoms with Crippen LogP contribution in [0.1, 0.15) is 5.56 Å². The minimum Gasteiger partial charge on any atom is -0.144 e. The highest BCUT2D eigenvalue weighted by atomic mass is 32.1. The van der Waals surface area contributed by atoms with Gasteiger partial charge in [0.25, 0.3) is 0 Å². The second kappa shape index (κ2) is 3.58. The van der Waals surface area contributed by atoms with Crippen molar-refractivity contribution in [3.05, 3.63) is 53.9 Å². The molecule has 0 N–H and O–H groups in total. The molecule has 1 heteroatoms. The summed E-state index contributed by atoms with van der Waals surface area (Å²) in [5.41, 5.74) is 2.53. The molecular weight excluding hydrogens is 176 g/mol. The molecule has 1 radical (unpaired) electrons. The van der Waals surface area contributed by atoms with Crippen molar-refractivity contribution in [3.63, 3.8) is 0 Å². The molecule has 0 spiro atoms. The third-order valence-corrected chi connectivity index (χ3v) is 2.82. The number of hydrogen-bond acceptors (Lipinski definition) is 1. The first-order valence-corrected chi connectivity index (χ1v) is 4.97. The van der Waals surface area contributed by atoms with Crippen molar-refractivity contribution in [3.8, 4) is 10.4 Å². The summed E-state index contributed by atoms with van der Waals surface area (Å²) in [7, 11) is 0. The maximum atomic E-state index is 5.28. The zero-order chi connectivity index (χ0) is 9.10. The molecule has 0 aromatic heterocycles. The molecule has 2 aliphatic rings. The Morgan fingerprint density at radius 1 is 1.23 bits per heavy atom. The monoisotopic (exact) mass is 185 g/mol. The van der Waals surface area contributed by atoms with E-state index in [2.05, 4.69) is 29.6 Å². The molecule has 0 nitrogen and oxygen atoms in total. The summed E-state index contributed by atoms with van der Waals surface area (Å²) in [4.78, 5) is 1.32. The van der Waals surface area contributed by atoms with E-state index in [4.69, 9.17) is 6.58 Å². The smallest absolute Gasteiger partial charge is 0.0348 e. The molecule has 0 aromatic carbocycles. The Morgan fingerprint density at radius 2 is 2.15 bits per heavy atom. The van der Waals surface area contributed by atoms with Crippen LogP contribution in [0, 0.1) is 6.58 Å². The summed E-state index contributed by atoms with van der Waals surface area (Å²) in [6.45, 7) is 5.28. The highest BCUT2D eigenvalue weighted by Gasteiger charge is 2.05. The van der Waals surface area contributed by atoms with Crippen LogP contribution < -0.4 is 0 Å². The Labute approximate surface area is 82.2 Å². The third kappa shape index (κ3) is 1.56. The molecule has 0 saturated heterocycles. The average Bonchev–Trinajstić information content (AvgIpc) is 2.58. The Bertz CT molecular complexity index is 409. The Kier molecular flexibility index (Phi) is 2.28. The van der Waals surface area contributed by atoms with E-state index in [1.807, 2.05) is 12.2 Å². The van der Waals surface area contributed by atoms with Crippen molar-refractivity contribution in [2.24, 2.45) is 0 Å². The molecule has 0 atom stereocenters. The van der Waals surface area contributed by atoms with Crippen LogP contribution in [0.4, 0.5) is 0 Å². The van der Waals surface area contributed by atoms with E-state index in [1.165, 1.54) is 16.0 Å². The Hall–Kier alpha value is -1.34. The highest BCUT2D eigenvalue weighted by Crippen LogP contribution is 2.31. The number of fused-ring (bicyclic) bond motifs is 1. The Morgan fingerprint density at radius 3 is 3.00 bits per heavy atom. The lowest BCUT2D eigenvalue weighted by Crippen LogP contribution is -1.71. The molecule has 0 amide bonds. The number of hydrogen-bond donors (Lipinski definition) is 0. The first-order valence-electron chi connectivity index (χ1n) is 4.09. The summed E-state index contributed by atoms with van der Waals surface area (Å²) in [6.07, 6.45) is 5.42. The van der Waals surface area contributed by atoms with E-state index in [0.29, 0.717) is 0 Å². The zero-order valence-corrected chi connectivity index (χ0v) is 7.92. The summed E-state index contributed by atoms with van der Waals surface area (Å²) >= 11 is 1.76. The zero-order valence-electron chi connectivity index (χ0n) is 7.10. The molecule has 0 aromatic rings. The number of allylic oxidation sites excluding steroid dienone is 2. The van der Waals surface area contributed by atoms with Crippen molar-refractivity contribution >= 4 is 17.4 Å². The molecule has 0 saturated carbocycles. The van der Waals surface area contributed by atoms with Crippen LogP contribution in [0.2, 0.25) is 0 Å². The third-order valence-electron chi connectivity index (χ3n) is 1.91. The molecule has 0 fully saturated rings. The lowest BCUT2D eigenvalue weighted by Gasteiger charge is -1.96. The van der Waals surface area contributed by atoms with Gasteiger partial charge in [-0.2, -0.15) is 0 Å². The quantitative estimate of drug-likeness (QED) is 0.623. The van der Waals surface area contributed by atoms with Crippen molar-refractivity contribution in [2.45, 2.75) is 0 Å². The summed E-state index contributed by atoms with van der Waals surface area (Å²) in [6, 6.07) is 8.44. The SMILES string of the molecule is [CH]=CC=Cc1ccc2scccc1-2. The van der Waals surface area contributed by atoms with Gasteiger partial charge in [0.2, 0.25) is 0 Å². The van der Waals surface area contributed by atoms with Gasteiger partial charge in [0.15, 0.2) is 0 Å². The van der Waals surface area contributed by atoms with Crippen molar-refractivity contribution in [1.29, 1.82) is 0 Å². The summed E-state index contributed by atoms with van der Waals surface area (Å²) < 4.78 is 0. The fraction of sp³-hybridized carbons (Fsp3) is 0. The molecule has 13 heavy (non-hydrogen) atoms. The van der Waals surface area contributed by atoms with Crippen molar-refractivity contribution < 1.29 is 0 Å². The first kappa shape index (κ1) is 8.27. The largest absolute Gasteiger partial charge is 0.144 e. The van der Waals surface area contributed by atoms with Crippen molar-refractivity contribution in [2.75, 3.05) is 0 Å². The van der Waals surface area contributed by atoms with Crippen LogP contribution in [0.25, 0.3) is 16.5 Å². The van der Waals surface area contributed by atoms with E-state index < -0.39 is 0 Å². The molecule has 0 bridgehead atoms. The van der Waals surface area contributed by atoms with E-state index in [9.17, 15) is 0 Å². The summed E-state index contributed by atoms with van der Waals surface area (Å²) in [5, 5.41) is 2.09. The van der Waals surface area contributed by atoms with Crippen LogP contribution in [0.15, 0.2) is 41.8 Å². The highest BCUT2D eigenvalue weighted by molar-refractivity contribution is 7.13. The van der Waals surface area contributed by atoms with E-state index >= 15 is 0 Å². The second-order valence-corrected chi connectivity index (χ2v) is 3.68. The van der Waals surface area contributed by atoms with Gasteiger partial charge < -0.3 is 0 Å². The van der Waals surface area contributed by atoms with Gasteiger partial charge in [-0.05, 0) is 22.6 Å². The van der Waals surface area contributed by atoms with E-state index in [1.54, 1.807) is 17.4 Å². The van der Waals surface area contributed by atoms with E-state index in [0.717, 1.165) is 0 Å². The predicted octanol–water partition coefficient (Wildman–Crippen LogP) is 3.86. The molecular formula is C12H9S. The first-order chi connectivity index (χ1) is 6.42. The van der Waals surface area contributed by atoms with Gasteiger partial charge in [-0.25, -0.2) is 0 Å². The fourth-order valence-corrected chi connectivity index (χ4v) is 2.08. The minimum atomic E-state index is 1.23. The molecule has 0 unspecified atom stereocenters. The minimum absolute atomic E-state index is 1.23. The van der Waals surface area contributed by atoms with Crippen LogP contribution >= 0.6 is 11.3 Å². The molecule has 1 heterocycles. The fourth-order valence-electron chi connectivity index (χ4n) is 1.32. The van der Waals surface area contributed by atoms with Crippen molar-refractivity contribution in [1.82, 2.24) is 0 Å². The molecule has 2 rings (SSSR count). The second-order valence-electron chi connectivity index (χ2n) is 2.73. The van der Waals surface area contributed by atoms with Gasteiger partial charge in [0, 0.05) is 4.88 Å². The van der Waals surface area contributed by atoms with Gasteiger partial charge in [-0.1, -0.05) is 43.0 Å². The van der Waals surface area contributed by atoms with Crippen LogP contribution in [0.3, 0.4) is 0 Å². The van der Waals surface area contributed by atoms with Crippen LogP contribution in [-0.2, 0) is 0 Å². The topological polar surface area (TPSA) is 0 Å². The van der Waals surface area contributed by atoms with Gasteiger partial charge in [0.1, 0.15) is 0 Å². The maximum absolute atomic E-state index is 5.28. The molecule has 1 aliphatic carbocycles. The maximum Gasteiger partial charge on any atom is 0.0348 e.